The molecule has 1 aliphatic rings. The van der Waals surface area contributed by atoms with Gasteiger partial charge >= 0.3 is 5.97 Å². The van der Waals surface area contributed by atoms with E-state index in [1.807, 2.05) is 81.5 Å². The molecule has 0 radical (unpaired) electrons. The highest BCUT2D eigenvalue weighted by Crippen LogP contribution is 2.46. The van der Waals surface area contributed by atoms with Gasteiger partial charge in [0.25, 0.3) is 5.91 Å². The van der Waals surface area contributed by atoms with Gasteiger partial charge in [0.1, 0.15) is 11.4 Å². The Bertz CT molecular complexity index is 2420. The van der Waals surface area contributed by atoms with Crippen molar-refractivity contribution in [1.29, 1.82) is 0 Å². The molecule has 1 aliphatic heterocycles. The third-order valence-corrected chi connectivity index (χ3v) is 11.4. The fourth-order valence-electron chi connectivity index (χ4n) is 7.70. The number of fused-ring (bicyclic) bond motifs is 4. The Kier molecular flexibility index (Phi) is 8.89. The standard InChI is InChI=1S/C39H38Cl3N5O4/c1-19-13-24(14-20(2)35(19)42)51-12-8-9-25-26-10-11-29(40)34(33-22(4)43-45(7)23(33)5)36(26)47-21(3)17-46(38(48)37(25)47)32-18-44(6)31-16-30(41)27(39(49)50)15-28(31)32/h10-11,13-16,18,21H,8-9,12,17H2,1-7H3,(H,49,50)/t21-/m1/s1. The van der Waals surface area contributed by atoms with E-state index in [0.717, 1.165) is 66.4 Å². The number of hydrogen-bond acceptors (Lipinski definition) is 4. The normalized spacial score (nSPS) is 14.6. The quantitative estimate of drug-likeness (QED) is 0.157. The number of carbonyl (C=O) groups excluding carboxylic acids is 1. The van der Waals surface area contributed by atoms with Crippen molar-refractivity contribution in [1.82, 2.24) is 18.9 Å². The average Bonchev–Trinajstić information content (AvgIpc) is 3.67. The molecular weight excluding hydrogens is 709 g/mol. The van der Waals surface area contributed by atoms with Gasteiger partial charge in [0.15, 0.2) is 0 Å². The Labute approximate surface area is 310 Å². The van der Waals surface area contributed by atoms with E-state index in [1.165, 1.54) is 0 Å². The summed E-state index contributed by atoms with van der Waals surface area (Å²) in [6, 6.07) is 10.8. The van der Waals surface area contributed by atoms with Crippen molar-refractivity contribution < 1.29 is 19.4 Å². The Morgan fingerprint density at radius 3 is 2.33 bits per heavy atom. The van der Waals surface area contributed by atoms with Gasteiger partial charge in [0.2, 0.25) is 0 Å². The molecule has 9 nitrogen and oxygen atoms in total. The van der Waals surface area contributed by atoms with Gasteiger partial charge in [-0.1, -0.05) is 40.9 Å². The zero-order valence-corrected chi connectivity index (χ0v) is 31.8. The summed E-state index contributed by atoms with van der Waals surface area (Å²) in [5.74, 6) is -0.554. The first-order valence-electron chi connectivity index (χ1n) is 16.8. The topological polar surface area (TPSA) is 94.5 Å². The SMILES string of the molecule is Cc1cc(OCCCc2c3n(c4c(-c5c(C)nn(C)c5C)c(Cl)ccc24)[C@H](C)CN(c2cn(C)c4cc(Cl)c(C(=O)O)cc24)C3=O)cc(C)c1Cl. The van der Waals surface area contributed by atoms with Crippen LogP contribution in [-0.4, -0.2) is 49.0 Å². The smallest absolute Gasteiger partial charge is 0.337 e. The lowest BCUT2D eigenvalue weighted by molar-refractivity contribution is 0.0697. The Morgan fingerprint density at radius 2 is 1.69 bits per heavy atom. The fraction of sp³-hybridized carbons (Fsp3) is 0.308. The highest BCUT2D eigenvalue weighted by Gasteiger charge is 2.38. The maximum Gasteiger partial charge on any atom is 0.337 e. The first-order valence-corrected chi connectivity index (χ1v) is 17.9. The second-order valence-corrected chi connectivity index (χ2v) is 14.7. The molecule has 1 N–H and O–H groups in total. The molecule has 0 saturated heterocycles. The van der Waals surface area contributed by atoms with Crippen molar-refractivity contribution in [3.8, 4) is 16.9 Å². The molecule has 12 heteroatoms. The molecule has 51 heavy (non-hydrogen) atoms. The average molecular weight is 747 g/mol. The van der Waals surface area contributed by atoms with Gasteiger partial charge in [-0.15, -0.1) is 0 Å². The largest absolute Gasteiger partial charge is 0.494 e. The number of benzene rings is 3. The van der Waals surface area contributed by atoms with Gasteiger partial charge in [-0.05, 0) is 94.5 Å². The minimum Gasteiger partial charge on any atom is -0.494 e. The third kappa shape index (κ3) is 5.66. The molecule has 0 saturated carbocycles. The predicted octanol–water partition coefficient (Wildman–Crippen LogP) is 9.66. The van der Waals surface area contributed by atoms with Crippen LogP contribution in [0.1, 0.15) is 68.3 Å². The molecule has 6 aromatic rings. The number of nitrogens with zero attached hydrogens (tertiary/aromatic N) is 5. The van der Waals surface area contributed by atoms with E-state index >= 15 is 0 Å². The van der Waals surface area contributed by atoms with Crippen molar-refractivity contribution in [3.05, 3.63) is 97.0 Å². The van der Waals surface area contributed by atoms with Crippen LogP contribution in [0.5, 0.6) is 5.75 Å². The van der Waals surface area contributed by atoms with Crippen LogP contribution in [0.25, 0.3) is 32.9 Å². The number of carboxylic acids is 1. The van der Waals surface area contributed by atoms with Gasteiger partial charge in [0, 0.05) is 65.5 Å². The number of aromatic carboxylic acids is 1. The molecule has 3 aromatic carbocycles. The number of aromatic nitrogens is 4. The number of anilines is 1. The maximum atomic E-state index is 15.0. The van der Waals surface area contributed by atoms with E-state index < -0.39 is 5.97 Å². The van der Waals surface area contributed by atoms with Crippen molar-refractivity contribution in [3.63, 3.8) is 0 Å². The van der Waals surface area contributed by atoms with Crippen LogP contribution >= 0.6 is 34.8 Å². The monoisotopic (exact) mass is 745 g/mol. The summed E-state index contributed by atoms with van der Waals surface area (Å²) in [6.07, 6.45) is 3.08. The van der Waals surface area contributed by atoms with E-state index in [9.17, 15) is 14.7 Å². The molecule has 1 atom stereocenters. The third-order valence-electron chi connectivity index (χ3n) is 10.1. The highest BCUT2D eigenvalue weighted by molar-refractivity contribution is 6.36. The number of aryl methyl sites for hydroxylation is 6. The zero-order valence-electron chi connectivity index (χ0n) is 29.5. The van der Waals surface area contributed by atoms with Gasteiger partial charge in [-0.25, -0.2) is 4.79 Å². The van der Waals surface area contributed by atoms with Crippen LogP contribution in [-0.2, 0) is 20.5 Å². The van der Waals surface area contributed by atoms with Gasteiger partial charge in [-0.3, -0.25) is 9.48 Å². The van der Waals surface area contributed by atoms with Crippen LogP contribution in [0.4, 0.5) is 5.69 Å². The minimum absolute atomic E-state index is 0.0171. The molecule has 0 spiro atoms. The Morgan fingerprint density at radius 1 is 0.980 bits per heavy atom. The number of ether oxygens (including phenoxy) is 1. The summed E-state index contributed by atoms with van der Waals surface area (Å²) in [6.45, 7) is 10.8. The molecular formula is C39H38Cl3N5O4. The fourth-order valence-corrected chi connectivity index (χ4v) is 8.29. The molecule has 4 heterocycles. The van der Waals surface area contributed by atoms with Crippen LogP contribution < -0.4 is 9.64 Å². The second kappa shape index (κ2) is 13.0. The highest BCUT2D eigenvalue weighted by atomic mass is 35.5. The van der Waals surface area contributed by atoms with E-state index in [2.05, 4.69) is 11.5 Å². The first-order chi connectivity index (χ1) is 24.2. The van der Waals surface area contributed by atoms with Crippen LogP contribution in [0.2, 0.25) is 15.1 Å². The first kappa shape index (κ1) is 35.0. The number of rotatable bonds is 8. The summed E-state index contributed by atoms with van der Waals surface area (Å²) in [4.78, 5) is 28.8. The summed E-state index contributed by atoms with van der Waals surface area (Å²) >= 11 is 19.8. The summed E-state index contributed by atoms with van der Waals surface area (Å²) in [7, 11) is 3.78. The molecule has 264 valence electrons. The molecule has 0 bridgehead atoms. The minimum atomic E-state index is -1.13. The number of amides is 1. The lowest BCUT2D eigenvalue weighted by Gasteiger charge is -2.34. The number of hydrogen-bond donors (Lipinski definition) is 1. The maximum absolute atomic E-state index is 15.0. The van der Waals surface area contributed by atoms with Gasteiger partial charge in [0.05, 0.1) is 44.6 Å². The lowest BCUT2D eigenvalue weighted by Crippen LogP contribution is -2.42. The van der Waals surface area contributed by atoms with Crippen LogP contribution in [0.15, 0.2) is 42.6 Å². The number of carboxylic acid groups (broad SMARTS) is 1. The van der Waals surface area contributed by atoms with E-state index in [4.69, 9.17) is 44.6 Å². The van der Waals surface area contributed by atoms with Crippen LogP contribution in [0, 0.1) is 27.7 Å². The van der Waals surface area contributed by atoms with Crippen molar-refractivity contribution in [2.45, 2.75) is 53.5 Å². The number of halogens is 3. The van der Waals surface area contributed by atoms with Crippen molar-refractivity contribution >= 4 is 74.2 Å². The van der Waals surface area contributed by atoms with Crippen LogP contribution in [0.3, 0.4) is 0 Å². The molecule has 0 aliphatic carbocycles. The Hall–Kier alpha value is -4.44. The number of carbonyl (C=O) groups is 2. The second-order valence-electron chi connectivity index (χ2n) is 13.6. The summed E-state index contributed by atoms with van der Waals surface area (Å²) in [5, 5.41) is 17.6. The van der Waals surface area contributed by atoms with Gasteiger partial charge < -0.3 is 23.9 Å². The van der Waals surface area contributed by atoms with Gasteiger partial charge in [-0.2, -0.15) is 5.10 Å². The molecule has 7 rings (SSSR count). The molecule has 0 fully saturated rings. The van der Waals surface area contributed by atoms with E-state index in [-0.39, 0.29) is 22.5 Å². The summed E-state index contributed by atoms with van der Waals surface area (Å²) < 4.78 is 12.1. The Balaban J connectivity index is 1.38. The van der Waals surface area contributed by atoms with Crippen molar-refractivity contribution in [2.75, 3.05) is 18.1 Å². The molecule has 0 unspecified atom stereocenters. The van der Waals surface area contributed by atoms with E-state index in [0.29, 0.717) is 47.8 Å². The predicted molar refractivity (Wildman–Crippen MR) is 205 cm³/mol. The summed E-state index contributed by atoms with van der Waals surface area (Å²) in [5.41, 5.74) is 9.26. The zero-order chi connectivity index (χ0) is 36.6. The van der Waals surface area contributed by atoms with Crippen molar-refractivity contribution in [2.24, 2.45) is 14.1 Å². The molecule has 1 amide bonds. The lowest BCUT2D eigenvalue weighted by atomic mass is 9.98. The molecule has 3 aromatic heterocycles. The van der Waals surface area contributed by atoms with E-state index in [1.54, 1.807) is 17.0 Å².